The molecule has 44 heavy (non-hydrogen) atoms. The highest BCUT2D eigenvalue weighted by atomic mass is 35.5. The normalized spacial score (nSPS) is 16.2. The molecular weight excluding hydrogens is 578 g/mol. The van der Waals surface area contributed by atoms with Gasteiger partial charge < -0.3 is 25.7 Å². The lowest BCUT2D eigenvalue weighted by Crippen LogP contribution is -2.48. The van der Waals surface area contributed by atoms with Crippen molar-refractivity contribution < 1.29 is 24.6 Å². The van der Waals surface area contributed by atoms with Crippen LogP contribution in [0.25, 0.3) is 11.1 Å². The van der Waals surface area contributed by atoms with Crippen LogP contribution in [0.3, 0.4) is 0 Å². The number of halogens is 1. The van der Waals surface area contributed by atoms with E-state index in [2.05, 4.69) is 29.7 Å². The maximum Gasteiger partial charge on any atom is 0.404 e. The number of piperidine rings is 1. The molecule has 1 heterocycles. The van der Waals surface area contributed by atoms with E-state index in [1.165, 1.54) is 12.5 Å². The second kappa shape index (κ2) is 15.2. The molecule has 3 amide bonds. The summed E-state index contributed by atoms with van der Waals surface area (Å²) >= 11 is 6.86. The summed E-state index contributed by atoms with van der Waals surface area (Å²) in [5, 5.41) is 27.3. The summed E-state index contributed by atoms with van der Waals surface area (Å²) in [5.41, 5.74) is 3.81. The first-order chi connectivity index (χ1) is 21.1. The van der Waals surface area contributed by atoms with Gasteiger partial charge in [-0.15, -0.1) is 0 Å². The molecule has 0 bridgehead atoms. The summed E-state index contributed by atoms with van der Waals surface area (Å²) in [6, 6.07) is 21.1. The number of likely N-dealkylation sites (tertiary alicyclic amines) is 1. The minimum atomic E-state index is -1.30. The predicted molar refractivity (Wildman–Crippen MR) is 173 cm³/mol. The van der Waals surface area contributed by atoms with Crippen molar-refractivity contribution in [2.75, 3.05) is 26.2 Å². The highest BCUT2D eigenvalue weighted by Crippen LogP contribution is 2.45. The summed E-state index contributed by atoms with van der Waals surface area (Å²) in [4.78, 5) is 37.8. The highest BCUT2D eigenvalue weighted by molar-refractivity contribution is 6.33. The third-order valence-electron chi connectivity index (χ3n) is 8.49. The molecule has 0 radical (unpaired) electrons. The number of carbonyl (C=O) groups excluding carboxylic acids is 2. The number of aliphatic hydroxyl groups is 1. The summed E-state index contributed by atoms with van der Waals surface area (Å²) in [7, 11) is 0. The number of carbonyl (C=O) groups is 3. The molecule has 1 fully saturated rings. The Kier molecular flexibility index (Phi) is 11.4. The van der Waals surface area contributed by atoms with Gasteiger partial charge in [0.25, 0.3) is 5.91 Å². The molecule has 1 unspecified atom stereocenters. The smallest absolute Gasteiger partial charge is 0.404 e. The van der Waals surface area contributed by atoms with Crippen molar-refractivity contribution >= 4 is 29.5 Å². The largest absolute Gasteiger partial charge is 0.465 e. The number of hydrogen-bond donors (Lipinski definition) is 4. The Bertz CT molecular complexity index is 1460. The van der Waals surface area contributed by atoms with E-state index in [1.807, 2.05) is 47.4 Å². The van der Waals surface area contributed by atoms with Gasteiger partial charge in [0.15, 0.2) is 0 Å². The number of hydrogen-bond acceptors (Lipinski definition) is 4. The number of benzene rings is 3. The predicted octanol–water partition coefficient (Wildman–Crippen LogP) is 6.04. The standard InChI is InChI=1S/C35H42ClN3O5/c1-3-25-8-4-9-28(22-25)32-30(11-5-12-31(32)36)35(44,18-7-19-37-24(2)40)29-10-6-21-39(23-29)33(41)27-15-13-26(14-16-27)17-20-38-34(42)43/h4-5,8-9,11-16,22,29,38,44H,3,6-7,10,17-21,23H2,1-2H3,(H,37,40)(H,42,43)/t29-,35?/m1/s1. The number of carboxylic acid groups (broad SMARTS) is 1. The summed E-state index contributed by atoms with van der Waals surface area (Å²) < 4.78 is 0. The molecule has 2 atom stereocenters. The Labute approximate surface area is 264 Å². The van der Waals surface area contributed by atoms with Gasteiger partial charge in [0.2, 0.25) is 5.91 Å². The van der Waals surface area contributed by atoms with E-state index < -0.39 is 11.7 Å². The first-order valence-electron chi connectivity index (χ1n) is 15.3. The molecule has 0 aromatic heterocycles. The van der Waals surface area contributed by atoms with E-state index in [1.54, 1.807) is 12.1 Å². The van der Waals surface area contributed by atoms with E-state index in [4.69, 9.17) is 16.7 Å². The number of rotatable bonds is 12. The summed E-state index contributed by atoms with van der Waals surface area (Å²) in [5.74, 6) is -0.482. The van der Waals surface area contributed by atoms with Crippen LogP contribution in [0, 0.1) is 5.92 Å². The fourth-order valence-corrected chi connectivity index (χ4v) is 6.45. The van der Waals surface area contributed by atoms with Gasteiger partial charge in [-0.3, -0.25) is 9.59 Å². The van der Waals surface area contributed by atoms with Crippen LogP contribution in [-0.2, 0) is 23.2 Å². The molecule has 234 valence electrons. The van der Waals surface area contributed by atoms with Gasteiger partial charge in [0.05, 0.1) is 5.60 Å². The molecule has 3 aromatic rings. The van der Waals surface area contributed by atoms with Crippen molar-refractivity contribution in [3.05, 3.63) is 94.0 Å². The minimum absolute atomic E-state index is 0.104. The van der Waals surface area contributed by atoms with Gasteiger partial charge in [-0.05, 0) is 79.0 Å². The number of nitrogens with one attached hydrogen (secondary N) is 2. The van der Waals surface area contributed by atoms with Gasteiger partial charge in [-0.1, -0.05) is 67.1 Å². The zero-order valence-corrected chi connectivity index (χ0v) is 26.2. The van der Waals surface area contributed by atoms with Crippen LogP contribution in [0.1, 0.15) is 66.6 Å². The van der Waals surface area contributed by atoms with Gasteiger partial charge in [0, 0.05) is 55.2 Å². The fraction of sp³-hybridized carbons (Fsp3) is 0.400. The Morgan fingerprint density at radius 1 is 1.00 bits per heavy atom. The second-order valence-electron chi connectivity index (χ2n) is 11.5. The van der Waals surface area contributed by atoms with Crippen molar-refractivity contribution in [1.82, 2.24) is 15.5 Å². The Balaban J connectivity index is 1.63. The molecule has 1 saturated heterocycles. The SMILES string of the molecule is CCc1cccc(-c2c(Cl)cccc2C(O)(CCCNC(C)=O)[C@@H]2CCCN(C(=O)c3ccc(CCNC(=O)O)cc3)C2)c1. The molecule has 1 aliphatic rings. The van der Waals surface area contributed by atoms with E-state index in [0.717, 1.165) is 41.5 Å². The van der Waals surface area contributed by atoms with Crippen molar-refractivity contribution in [1.29, 1.82) is 0 Å². The zero-order chi connectivity index (χ0) is 31.7. The van der Waals surface area contributed by atoms with Crippen LogP contribution in [0.2, 0.25) is 5.02 Å². The van der Waals surface area contributed by atoms with Crippen molar-refractivity contribution in [2.45, 2.75) is 58.0 Å². The molecule has 9 heteroatoms. The summed E-state index contributed by atoms with van der Waals surface area (Å²) in [6.45, 7) is 5.27. The Morgan fingerprint density at radius 2 is 1.75 bits per heavy atom. The first-order valence-corrected chi connectivity index (χ1v) is 15.7. The fourth-order valence-electron chi connectivity index (χ4n) is 6.17. The molecule has 1 aliphatic heterocycles. The van der Waals surface area contributed by atoms with Crippen molar-refractivity contribution in [3.8, 4) is 11.1 Å². The molecule has 0 saturated carbocycles. The Hall–Kier alpha value is -3.88. The van der Waals surface area contributed by atoms with Gasteiger partial charge in [-0.25, -0.2) is 4.79 Å². The van der Waals surface area contributed by atoms with Crippen molar-refractivity contribution in [3.63, 3.8) is 0 Å². The van der Waals surface area contributed by atoms with E-state index in [9.17, 15) is 19.5 Å². The van der Waals surface area contributed by atoms with Crippen molar-refractivity contribution in [2.24, 2.45) is 5.92 Å². The van der Waals surface area contributed by atoms with E-state index >= 15 is 0 Å². The maximum absolute atomic E-state index is 13.7. The van der Waals surface area contributed by atoms with Gasteiger partial charge in [-0.2, -0.15) is 0 Å². The highest BCUT2D eigenvalue weighted by Gasteiger charge is 2.43. The van der Waals surface area contributed by atoms with Crippen LogP contribution in [-0.4, -0.2) is 59.2 Å². The maximum atomic E-state index is 13.7. The molecule has 0 aliphatic carbocycles. The molecule has 8 nitrogen and oxygen atoms in total. The van der Waals surface area contributed by atoms with E-state index in [-0.39, 0.29) is 17.7 Å². The number of nitrogens with zero attached hydrogens (tertiary/aromatic N) is 1. The quantitative estimate of drug-likeness (QED) is 0.184. The summed E-state index contributed by atoms with van der Waals surface area (Å²) in [6.07, 6.45) is 2.75. The van der Waals surface area contributed by atoms with Crippen LogP contribution in [0.5, 0.6) is 0 Å². The molecule has 3 aromatic carbocycles. The van der Waals surface area contributed by atoms with E-state index in [0.29, 0.717) is 56.0 Å². The monoisotopic (exact) mass is 619 g/mol. The topological polar surface area (TPSA) is 119 Å². The third-order valence-corrected chi connectivity index (χ3v) is 8.80. The van der Waals surface area contributed by atoms with Crippen LogP contribution < -0.4 is 10.6 Å². The van der Waals surface area contributed by atoms with Crippen LogP contribution in [0.15, 0.2) is 66.7 Å². The van der Waals surface area contributed by atoms with Gasteiger partial charge >= 0.3 is 6.09 Å². The lowest BCUT2D eigenvalue weighted by Gasteiger charge is -2.44. The lowest BCUT2D eigenvalue weighted by atomic mass is 9.72. The molecular formula is C35H42ClN3O5. The number of aryl methyl sites for hydroxylation is 1. The average Bonchev–Trinajstić information content (AvgIpc) is 3.02. The molecule has 4 rings (SSSR count). The van der Waals surface area contributed by atoms with Crippen LogP contribution >= 0.6 is 11.6 Å². The zero-order valence-electron chi connectivity index (χ0n) is 25.4. The first kappa shape index (κ1) is 33.0. The average molecular weight is 620 g/mol. The third kappa shape index (κ3) is 8.18. The van der Waals surface area contributed by atoms with Gasteiger partial charge in [0.1, 0.15) is 0 Å². The van der Waals surface area contributed by atoms with Crippen LogP contribution in [0.4, 0.5) is 4.79 Å². The lowest BCUT2D eigenvalue weighted by molar-refractivity contribution is -0.119. The second-order valence-corrected chi connectivity index (χ2v) is 11.9. The minimum Gasteiger partial charge on any atom is -0.465 e. The Morgan fingerprint density at radius 3 is 2.45 bits per heavy atom. The molecule has 0 spiro atoms. The number of amides is 3. The molecule has 4 N–H and O–H groups in total.